The van der Waals surface area contributed by atoms with E-state index < -0.39 is 6.10 Å². The first-order chi connectivity index (χ1) is 14.0. The molecule has 1 aromatic heterocycles. The number of imidazole rings is 1. The van der Waals surface area contributed by atoms with Crippen LogP contribution in [0.25, 0.3) is 11.0 Å². The van der Waals surface area contributed by atoms with Gasteiger partial charge in [0, 0.05) is 0 Å². The third-order valence-electron chi connectivity index (χ3n) is 5.42. The van der Waals surface area contributed by atoms with Gasteiger partial charge in [-0.15, -0.1) is 0 Å². The van der Waals surface area contributed by atoms with Gasteiger partial charge in [0.05, 0.1) is 17.6 Å². The van der Waals surface area contributed by atoms with Crippen molar-refractivity contribution in [2.24, 2.45) is 0 Å². The van der Waals surface area contributed by atoms with E-state index in [1.807, 2.05) is 61.5 Å². The fourth-order valence-corrected chi connectivity index (χ4v) is 3.59. The summed E-state index contributed by atoms with van der Waals surface area (Å²) in [5, 5.41) is 11.0. The smallest absolute Gasteiger partial charge is 0.143 e. The molecular formula is C25H26N2O2. The summed E-state index contributed by atoms with van der Waals surface area (Å²) in [4.78, 5) is 4.79. The molecule has 29 heavy (non-hydrogen) atoms. The van der Waals surface area contributed by atoms with Crippen molar-refractivity contribution in [1.82, 2.24) is 9.55 Å². The van der Waals surface area contributed by atoms with Gasteiger partial charge in [0.25, 0.3) is 0 Å². The molecule has 0 fully saturated rings. The maximum Gasteiger partial charge on any atom is 0.143 e. The summed E-state index contributed by atoms with van der Waals surface area (Å²) >= 11 is 0. The van der Waals surface area contributed by atoms with Crippen LogP contribution in [0.4, 0.5) is 0 Å². The van der Waals surface area contributed by atoms with Gasteiger partial charge in [0.15, 0.2) is 0 Å². The molecule has 1 heterocycles. The molecule has 0 spiro atoms. The van der Waals surface area contributed by atoms with Crippen molar-refractivity contribution in [2.45, 2.75) is 33.4 Å². The molecule has 3 aromatic carbocycles. The fraction of sp³-hybridized carbons (Fsp3) is 0.240. The molecular weight excluding hydrogens is 360 g/mol. The predicted octanol–water partition coefficient (Wildman–Crippen LogP) is 5.12. The molecule has 4 nitrogen and oxygen atoms in total. The number of benzene rings is 3. The molecule has 148 valence electrons. The van der Waals surface area contributed by atoms with Gasteiger partial charge in [-0.2, -0.15) is 0 Å². The normalized spacial score (nSPS) is 12.3. The molecule has 1 N–H and O–H groups in total. The van der Waals surface area contributed by atoms with E-state index in [9.17, 15) is 5.11 Å². The Morgan fingerprint density at radius 3 is 2.34 bits per heavy atom. The van der Waals surface area contributed by atoms with Crippen LogP contribution in [0.15, 0.2) is 66.7 Å². The first kappa shape index (κ1) is 19.2. The van der Waals surface area contributed by atoms with Crippen molar-refractivity contribution in [3.8, 4) is 5.75 Å². The highest BCUT2D eigenvalue weighted by Gasteiger charge is 2.20. The van der Waals surface area contributed by atoms with Crippen molar-refractivity contribution in [2.75, 3.05) is 6.61 Å². The van der Waals surface area contributed by atoms with E-state index in [4.69, 9.17) is 9.72 Å². The van der Waals surface area contributed by atoms with Gasteiger partial charge >= 0.3 is 0 Å². The SMILES string of the molecule is Cc1cc2nc(C(O)c3ccccc3)n(CCOc3ccccc3C)c2cc1C. The summed E-state index contributed by atoms with van der Waals surface area (Å²) in [6.45, 7) is 7.33. The number of fused-ring (bicyclic) bond motifs is 1. The van der Waals surface area contributed by atoms with Crippen LogP contribution in [-0.2, 0) is 6.54 Å². The third-order valence-corrected chi connectivity index (χ3v) is 5.42. The summed E-state index contributed by atoms with van der Waals surface area (Å²) in [7, 11) is 0. The average Bonchev–Trinajstić information content (AvgIpc) is 3.07. The van der Waals surface area contributed by atoms with Crippen LogP contribution in [-0.4, -0.2) is 21.3 Å². The summed E-state index contributed by atoms with van der Waals surface area (Å²) in [5.74, 6) is 1.53. The number of para-hydroxylation sites is 1. The minimum absolute atomic E-state index is 0.498. The van der Waals surface area contributed by atoms with Gasteiger partial charge in [-0.1, -0.05) is 48.5 Å². The second-order valence-electron chi connectivity index (χ2n) is 7.47. The van der Waals surface area contributed by atoms with E-state index in [-0.39, 0.29) is 0 Å². The van der Waals surface area contributed by atoms with Crippen LogP contribution in [0.2, 0.25) is 0 Å². The second-order valence-corrected chi connectivity index (χ2v) is 7.47. The molecule has 0 amide bonds. The number of hydrogen-bond donors (Lipinski definition) is 1. The monoisotopic (exact) mass is 386 g/mol. The molecule has 4 heteroatoms. The molecule has 1 unspecified atom stereocenters. The minimum atomic E-state index is -0.789. The van der Waals surface area contributed by atoms with Crippen molar-refractivity contribution in [3.63, 3.8) is 0 Å². The van der Waals surface area contributed by atoms with Crippen LogP contribution < -0.4 is 4.74 Å². The molecule has 0 aliphatic rings. The quantitative estimate of drug-likeness (QED) is 0.500. The minimum Gasteiger partial charge on any atom is -0.491 e. The summed E-state index contributed by atoms with van der Waals surface area (Å²) < 4.78 is 8.10. The van der Waals surface area contributed by atoms with Gasteiger partial charge in [-0.25, -0.2) is 4.98 Å². The highest BCUT2D eigenvalue weighted by molar-refractivity contribution is 5.78. The van der Waals surface area contributed by atoms with Crippen LogP contribution in [0.5, 0.6) is 5.75 Å². The lowest BCUT2D eigenvalue weighted by atomic mass is 10.1. The van der Waals surface area contributed by atoms with Gasteiger partial charge < -0.3 is 14.4 Å². The zero-order valence-corrected chi connectivity index (χ0v) is 17.1. The first-order valence-corrected chi connectivity index (χ1v) is 9.93. The van der Waals surface area contributed by atoms with E-state index in [1.54, 1.807) is 0 Å². The summed E-state index contributed by atoms with van der Waals surface area (Å²) in [5.41, 5.74) is 6.26. The topological polar surface area (TPSA) is 47.3 Å². The Balaban J connectivity index is 1.70. The van der Waals surface area contributed by atoms with Crippen LogP contribution in [0.3, 0.4) is 0 Å². The Hall–Kier alpha value is -3.11. The molecule has 4 aromatic rings. The second kappa shape index (κ2) is 8.10. The molecule has 0 bridgehead atoms. The van der Waals surface area contributed by atoms with Crippen LogP contribution in [0.1, 0.15) is 34.2 Å². The van der Waals surface area contributed by atoms with Gasteiger partial charge in [0.1, 0.15) is 24.3 Å². The number of nitrogens with zero attached hydrogens (tertiary/aromatic N) is 2. The van der Waals surface area contributed by atoms with Crippen molar-refractivity contribution in [1.29, 1.82) is 0 Å². The van der Waals surface area contributed by atoms with Gasteiger partial charge in [-0.05, 0) is 61.2 Å². The largest absolute Gasteiger partial charge is 0.491 e. The Labute approximate surface area is 171 Å². The number of aromatic nitrogens is 2. The van der Waals surface area contributed by atoms with Crippen molar-refractivity contribution < 1.29 is 9.84 Å². The highest BCUT2D eigenvalue weighted by Crippen LogP contribution is 2.27. The number of rotatable bonds is 6. The number of aryl methyl sites for hydroxylation is 3. The average molecular weight is 386 g/mol. The number of ether oxygens (including phenoxy) is 1. The Morgan fingerprint density at radius 2 is 1.59 bits per heavy atom. The fourth-order valence-electron chi connectivity index (χ4n) is 3.59. The van der Waals surface area contributed by atoms with Crippen molar-refractivity contribution in [3.05, 3.63) is 94.8 Å². The van der Waals surface area contributed by atoms with E-state index in [0.29, 0.717) is 19.0 Å². The maximum absolute atomic E-state index is 11.0. The van der Waals surface area contributed by atoms with Crippen LogP contribution >= 0.6 is 0 Å². The summed E-state index contributed by atoms with van der Waals surface area (Å²) in [6.07, 6.45) is -0.789. The zero-order chi connectivity index (χ0) is 20.4. The van der Waals surface area contributed by atoms with Crippen LogP contribution in [0, 0.1) is 20.8 Å². The molecule has 0 radical (unpaired) electrons. The number of hydrogen-bond acceptors (Lipinski definition) is 3. The first-order valence-electron chi connectivity index (χ1n) is 9.93. The van der Waals surface area contributed by atoms with Gasteiger partial charge in [-0.3, -0.25) is 0 Å². The Kier molecular flexibility index (Phi) is 5.36. The molecule has 4 rings (SSSR count). The third kappa shape index (κ3) is 3.89. The lowest BCUT2D eigenvalue weighted by Gasteiger charge is -2.15. The maximum atomic E-state index is 11.0. The summed E-state index contributed by atoms with van der Waals surface area (Å²) in [6, 6.07) is 21.9. The molecule has 0 saturated carbocycles. The zero-order valence-electron chi connectivity index (χ0n) is 17.1. The molecule has 1 atom stereocenters. The van der Waals surface area contributed by atoms with E-state index in [1.165, 1.54) is 11.1 Å². The molecule has 0 aliphatic carbocycles. The molecule has 0 saturated heterocycles. The van der Waals surface area contributed by atoms with E-state index in [0.717, 1.165) is 27.9 Å². The highest BCUT2D eigenvalue weighted by atomic mass is 16.5. The van der Waals surface area contributed by atoms with E-state index >= 15 is 0 Å². The lowest BCUT2D eigenvalue weighted by Crippen LogP contribution is -2.15. The number of aliphatic hydroxyl groups is 1. The Bertz CT molecular complexity index is 1130. The van der Waals surface area contributed by atoms with Crippen molar-refractivity contribution >= 4 is 11.0 Å². The Morgan fingerprint density at radius 1 is 0.897 bits per heavy atom. The van der Waals surface area contributed by atoms with E-state index in [2.05, 4.69) is 30.5 Å². The number of aliphatic hydroxyl groups excluding tert-OH is 1. The molecule has 0 aliphatic heterocycles. The van der Waals surface area contributed by atoms with Gasteiger partial charge in [0.2, 0.25) is 0 Å². The lowest BCUT2D eigenvalue weighted by molar-refractivity contribution is 0.201. The standard InChI is InChI=1S/C25H26N2O2/c1-17-9-7-8-12-23(17)29-14-13-27-22-16-19(3)18(2)15-21(22)26-25(27)24(28)20-10-5-4-6-11-20/h4-12,15-16,24,28H,13-14H2,1-3H3. The predicted molar refractivity (Wildman–Crippen MR) is 116 cm³/mol.